The normalized spacial score (nSPS) is 45.0. The van der Waals surface area contributed by atoms with Crippen molar-refractivity contribution in [3.05, 3.63) is 0 Å². The maximum Gasteiger partial charge on any atom is 0.0565 e. The van der Waals surface area contributed by atoms with E-state index in [-0.39, 0.29) is 0 Å². The van der Waals surface area contributed by atoms with E-state index in [1.54, 1.807) is 0 Å². The van der Waals surface area contributed by atoms with Gasteiger partial charge in [-0.15, -0.1) is 0 Å². The minimum Gasteiger partial charge on any atom is -0.375 e. The Morgan fingerprint density at radius 3 is 2.05 bits per heavy atom. The third kappa shape index (κ3) is 3.20. The zero-order valence-corrected chi connectivity index (χ0v) is 13.5. The van der Waals surface area contributed by atoms with Crippen LogP contribution in [-0.2, 0) is 4.74 Å². The summed E-state index contributed by atoms with van der Waals surface area (Å²) in [7, 11) is 0. The van der Waals surface area contributed by atoms with E-state index in [1.165, 1.54) is 51.5 Å². The number of hydrogen-bond acceptors (Lipinski definition) is 3. The molecule has 0 aromatic rings. The number of rotatable bonds is 4. The summed E-state index contributed by atoms with van der Waals surface area (Å²) in [5.41, 5.74) is 0. The van der Waals surface area contributed by atoms with Gasteiger partial charge in [0.05, 0.1) is 12.2 Å². The molecule has 3 aliphatic rings. The summed E-state index contributed by atoms with van der Waals surface area (Å²) >= 11 is 0. The van der Waals surface area contributed by atoms with Gasteiger partial charge in [-0.25, -0.2) is 0 Å². The number of hydrogen-bond donors (Lipinski definition) is 1. The van der Waals surface area contributed by atoms with Crippen molar-refractivity contribution >= 4 is 0 Å². The molecule has 0 aromatic heterocycles. The van der Waals surface area contributed by atoms with Gasteiger partial charge in [-0.2, -0.15) is 0 Å². The van der Waals surface area contributed by atoms with Crippen LogP contribution in [0.4, 0.5) is 0 Å². The van der Waals surface area contributed by atoms with Crippen LogP contribution in [0.15, 0.2) is 0 Å². The monoisotopic (exact) mass is 280 g/mol. The van der Waals surface area contributed by atoms with Crippen LogP contribution >= 0.6 is 0 Å². The predicted molar refractivity (Wildman–Crippen MR) is 83.0 cm³/mol. The van der Waals surface area contributed by atoms with Gasteiger partial charge in [0.1, 0.15) is 0 Å². The lowest BCUT2D eigenvalue weighted by molar-refractivity contribution is -0.0755. The van der Waals surface area contributed by atoms with Gasteiger partial charge >= 0.3 is 0 Å². The maximum atomic E-state index is 5.95. The minimum absolute atomic E-state index is 0.432. The molecule has 1 N–H and O–H groups in total. The second-order valence-electron chi connectivity index (χ2n) is 7.38. The zero-order valence-electron chi connectivity index (χ0n) is 13.5. The molecule has 3 rings (SSSR count). The van der Waals surface area contributed by atoms with Gasteiger partial charge in [-0.3, -0.25) is 4.90 Å². The van der Waals surface area contributed by atoms with Crippen molar-refractivity contribution in [1.82, 2.24) is 10.2 Å². The van der Waals surface area contributed by atoms with Crippen LogP contribution in [0, 0.1) is 0 Å². The van der Waals surface area contributed by atoms with Gasteiger partial charge < -0.3 is 10.1 Å². The number of fused-ring (bicyclic) bond motifs is 2. The molecule has 0 aromatic carbocycles. The van der Waals surface area contributed by atoms with Crippen molar-refractivity contribution in [2.75, 3.05) is 6.54 Å². The van der Waals surface area contributed by atoms with E-state index in [1.807, 2.05) is 0 Å². The standard InChI is InChI=1S/C17H32N2O/c1-4-7-19(16-8-12(2)20-13(3)9-16)17-10-14-5-6-15(11-17)18-14/h12-18H,4-11H2,1-3H3. The quantitative estimate of drug-likeness (QED) is 0.857. The Morgan fingerprint density at radius 1 is 0.950 bits per heavy atom. The second-order valence-corrected chi connectivity index (χ2v) is 7.38. The second kappa shape index (κ2) is 6.33. The lowest BCUT2D eigenvalue weighted by Crippen LogP contribution is -2.54. The molecule has 3 heterocycles. The molecular weight excluding hydrogens is 248 g/mol. The number of piperidine rings is 1. The fraction of sp³-hybridized carbons (Fsp3) is 1.00. The summed E-state index contributed by atoms with van der Waals surface area (Å²) in [5, 5.41) is 3.79. The van der Waals surface area contributed by atoms with Crippen molar-refractivity contribution in [1.29, 1.82) is 0 Å². The summed E-state index contributed by atoms with van der Waals surface area (Å²) < 4.78 is 5.95. The third-order valence-corrected chi connectivity index (χ3v) is 5.54. The lowest BCUT2D eigenvalue weighted by atomic mass is 9.91. The predicted octanol–water partition coefficient (Wildman–Crippen LogP) is 2.94. The Bertz CT molecular complexity index is 298. The molecule has 3 fully saturated rings. The first-order chi connectivity index (χ1) is 9.65. The molecule has 0 radical (unpaired) electrons. The van der Waals surface area contributed by atoms with E-state index in [9.17, 15) is 0 Å². The van der Waals surface area contributed by atoms with E-state index in [0.29, 0.717) is 12.2 Å². The molecule has 20 heavy (non-hydrogen) atoms. The van der Waals surface area contributed by atoms with Crippen LogP contribution in [0.1, 0.15) is 65.7 Å². The highest BCUT2D eigenvalue weighted by molar-refractivity contribution is 4.97. The highest BCUT2D eigenvalue weighted by atomic mass is 16.5. The van der Waals surface area contributed by atoms with E-state index in [4.69, 9.17) is 4.74 Å². The molecule has 4 unspecified atom stereocenters. The summed E-state index contributed by atoms with van der Waals surface area (Å²) in [6.45, 7) is 8.10. The van der Waals surface area contributed by atoms with Gasteiger partial charge in [-0.05, 0) is 65.3 Å². The molecule has 0 aliphatic carbocycles. The van der Waals surface area contributed by atoms with Crippen LogP contribution in [-0.4, -0.2) is 47.8 Å². The van der Waals surface area contributed by atoms with Crippen molar-refractivity contribution in [2.45, 2.75) is 102 Å². The van der Waals surface area contributed by atoms with E-state index in [0.717, 1.165) is 24.2 Å². The molecule has 3 aliphatic heterocycles. The van der Waals surface area contributed by atoms with Gasteiger partial charge in [-0.1, -0.05) is 6.92 Å². The van der Waals surface area contributed by atoms with E-state index in [2.05, 4.69) is 31.0 Å². The van der Waals surface area contributed by atoms with Gasteiger partial charge in [0.15, 0.2) is 0 Å². The van der Waals surface area contributed by atoms with Crippen molar-refractivity contribution in [2.24, 2.45) is 0 Å². The Balaban J connectivity index is 1.68. The first kappa shape index (κ1) is 14.8. The first-order valence-corrected chi connectivity index (χ1v) is 8.83. The highest BCUT2D eigenvalue weighted by Crippen LogP contribution is 2.33. The lowest BCUT2D eigenvalue weighted by Gasteiger charge is -2.45. The van der Waals surface area contributed by atoms with Gasteiger partial charge in [0, 0.05) is 24.2 Å². The minimum atomic E-state index is 0.432. The number of nitrogens with one attached hydrogen (secondary N) is 1. The molecule has 0 amide bonds. The van der Waals surface area contributed by atoms with Crippen molar-refractivity contribution in [3.63, 3.8) is 0 Å². The largest absolute Gasteiger partial charge is 0.375 e. The van der Waals surface area contributed by atoms with Crippen LogP contribution < -0.4 is 5.32 Å². The van der Waals surface area contributed by atoms with Crippen molar-refractivity contribution in [3.8, 4) is 0 Å². The zero-order chi connectivity index (χ0) is 14.1. The topological polar surface area (TPSA) is 24.5 Å². The molecule has 3 saturated heterocycles. The summed E-state index contributed by atoms with van der Waals surface area (Å²) in [6.07, 6.45) is 10.1. The Morgan fingerprint density at radius 2 is 1.50 bits per heavy atom. The average molecular weight is 280 g/mol. The fourth-order valence-corrected chi connectivity index (χ4v) is 4.86. The number of ether oxygens (including phenoxy) is 1. The van der Waals surface area contributed by atoms with Gasteiger partial charge in [0.2, 0.25) is 0 Å². The molecule has 3 nitrogen and oxygen atoms in total. The molecule has 116 valence electrons. The smallest absolute Gasteiger partial charge is 0.0565 e. The molecular formula is C17H32N2O. The number of nitrogens with zero attached hydrogens (tertiary/aromatic N) is 1. The first-order valence-electron chi connectivity index (χ1n) is 8.83. The Hall–Kier alpha value is -0.120. The van der Waals surface area contributed by atoms with Crippen LogP contribution in [0.5, 0.6) is 0 Å². The summed E-state index contributed by atoms with van der Waals surface area (Å²) in [4.78, 5) is 2.86. The SMILES string of the molecule is CCCN(C1CC2CCC(C1)N2)C1CC(C)OC(C)C1. The highest BCUT2D eigenvalue weighted by Gasteiger charge is 2.39. The van der Waals surface area contributed by atoms with Gasteiger partial charge in [0.25, 0.3) is 0 Å². The molecule has 2 bridgehead atoms. The van der Waals surface area contributed by atoms with E-state index >= 15 is 0 Å². The van der Waals surface area contributed by atoms with E-state index < -0.39 is 0 Å². The van der Waals surface area contributed by atoms with Crippen LogP contribution in [0.2, 0.25) is 0 Å². The Kier molecular flexibility index (Phi) is 4.68. The molecule has 0 saturated carbocycles. The summed E-state index contributed by atoms with van der Waals surface area (Å²) in [5.74, 6) is 0. The summed E-state index contributed by atoms with van der Waals surface area (Å²) in [6, 6.07) is 3.16. The molecule has 3 heteroatoms. The molecule has 0 spiro atoms. The molecule has 4 atom stereocenters. The maximum absolute atomic E-state index is 5.95. The van der Waals surface area contributed by atoms with Crippen LogP contribution in [0.3, 0.4) is 0 Å². The average Bonchev–Trinajstić information content (AvgIpc) is 2.73. The van der Waals surface area contributed by atoms with Crippen LogP contribution in [0.25, 0.3) is 0 Å². The fourth-order valence-electron chi connectivity index (χ4n) is 4.86. The third-order valence-electron chi connectivity index (χ3n) is 5.54. The van der Waals surface area contributed by atoms with Crippen molar-refractivity contribution < 1.29 is 4.74 Å². The Labute approximate surface area is 124 Å².